The molecule has 0 spiro atoms. The molecule has 11 heteroatoms. The van der Waals surface area contributed by atoms with E-state index in [4.69, 9.17) is 19.1 Å². The van der Waals surface area contributed by atoms with E-state index in [9.17, 15) is 24.2 Å². The molecule has 3 N–H and O–H groups in total. The molecule has 0 rings (SSSR count). The minimum atomic E-state index is -4.60. The highest BCUT2D eigenvalue weighted by molar-refractivity contribution is 7.47. The molecule has 0 aromatic carbocycles. The fourth-order valence-corrected chi connectivity index (χ4v) is 5.42. The molecule has 10 nitrogen and oxygen atoms in total. The van der Waals surface area contributed by atoms with Crippen molar-refractivity contribution in [2.75, 3.05) is 26.4 Å². The molecule has 0 aliphatic carbocycles. The molecule has 0 fully saturated rings. The Hall–Kier alpha value is -2.07. The lowest BCUT2D eigenvalue weighted by Gasteiger charge is -2.20. The molecule has 0 aliphatic rings. The van der Waals surface area contributed by atoms with E-state index in [2.05, 4.69) is 67.0 Å². The Morgan fingerprint density at radius 2 is 1.12 bits per heavy atom. The van der Waals surface area contributed by atoms with Gasteiger partial charge in [-0.2, -0.15) is 0 Å². The maximum absolute atomic E-state index is 12.5. The minimum absolute atomic E-state index is 0.173. The number of hydrogen-bond acceptors (Lipinski definition) is 9. The Labute approximate surface area is 296 Å². The van der Waals surface area contributed by atoms with Crippen LogP contribution in [0.3, 0.4) is 0 Å². The van der Waals surface area contributed by atoms with E-state index >= 15 is 0 Å². The molecule has 0 heterocycles. The number of rotatable bonds is 34. The molecule has 3 atom stereocenters. The van der Waals surface area contributed by atoms with Crippen molar-refractivity contribution in [3.63, 3.8) is 0 Å². The molecule has 0 saturated carbocycles. The first kappa shape index (κ1) is 46.9. The molecular weight excluding hydrogens is 647 g/mol. The fourth-order valence-electron chi connectivity index (χ4n) is 4.63. The largest absolute Gasteiger partial charge is 0.472 e. The SMILES string of the molecule is CC/C=C\C/C=C\C/C=C\C/C=C\CCCCCCCCCCC(=O)OC(COC(=O)CCCCCCC)COP(=O)(O)OCC(O)CO. The van der Waals surface area contributed by atoms with Crippen LogP contribution < -0.4 is 0 Å². The zero-order valence-electron chi connectivity index (χ0n) is 30.4. The number of carbonyl (C=O) groups excluding carboxylic acids is 2. The average molecular weight is 715 g/mol. The Morgan fingerprint density at radius 3 is 1.69 bits per heavy atom. The highest BCUT2D eigenvalue weighted by atomic mass is 31.2. The Bertz CT molecular complexity index is 962. The maximum atomic E-state index is 12.5. The number of hydrogen-bond donors (Lipinski definition) is 3. The van der Waals surface area contributed by atoms with Crippen LogP contribution in [0.25, 0.3) is 0 Å². The second kappa shape index (κ2) is 34.4. The number of unbranched alkanes of at least 4 members (excludes halogenated alkanes) is 12. The summed E-state index contributed by atoms with van der Waals surface area (Å²) in [7, 11) is -4.60. The predicted octanol–water partition coefficient (Wildman–Crippen LogP) is 8.99. The highest BCUT2D eigenvalue weighted by Crippen LogP contribution is 2.43. The van der Waals surface area contributed by atoms with Gasteiger partial charge < -0.3 is 24.6 Å². The summed E-state index contributed by atoms with van der Waals surface area (Å²) in [4.78, 5) is 34.5. The van der Waals surface area contributed by atoms with Gasteiger partial charge in [0.2, 0.25) is 0 Å². The summed E-state index contributed by atoms with van der Waals surface area (Å²) >= 11 is 0. The second-order valence-corrected chi connectivity index (χ2v) is 13.7. The quantitative estimate of drug-likeness (QED) is 0.0255. The Morgan fingerprint density at radius 1 is 0.633 bits per heavy atom. The number of aliphatic hydroxyl groups is 2. The van der Waals surface area contributed by atoms with Gasteiger partial charge in [-0.3, -0.25) is 18.6 Å². The molecule has 0 amide bonds. The monoisotopic (exact) mass is 714 g/mol. The van der Waals surface area contributed by atoms with Crippen LogP contribution in [0.15, 0.2) is 48.6 Å². The van der Waals surface area contributed by atoms with Gasteiger partial charge in [0, 0.05) is 12.8 Å². The Kier molecular flexibility index (Phi) is 32.9. The summed E-state index contributed by atoms with van der Waals surface area (Å²) in [6.45, 7) is 2.13. The van der Waals surface area contributed by atoms with Crippen molar-refractivity contribution in [1.29, 1.82) is 0 Å². The Balaban J connectivity index is 4.20. The van der Waals surface area contributed by atoms with E-state index < -0.39 is 51.8 Å². The first-order chi connectivity index (χ1) is 23.7. The average Bonchev–Trinajstić information content (AvgIpc) is 3.09. The van der Waals surface area contributed by atoms with Crippen LogP contribution in [-0.4, -0.2) is 65.7 Å². The summed E-state index contributed by atoms with van der Waals surface area (Å²) in [5, 5.41) is 18.2. The fraction of sp³-hybridized carbons (Fsp3) is 0.737. The lowest BCUT2D eigenvalue weighted by Crippen LogP contribution is -2.29. The summed E-state index contributed by atoms with van der Waals surface area (Å²) in [5.74, 6) is -0.953. The van der Waals surface area contributed by atoms with Crippen LogP contribution in [0.2, 0.25) is 0 Å². The van der Waals surface area contributed by atoms with Gasteiger partial charge >= 0.3 is 19.8 Å². The number of ether oxygens (including phenoxy) is 2. The summed E-state index contributed by atoms with van der Waals surface area (Å²) in [6, 6.07) is 0. The van der Waals surface area contributed by atoms with Crippen molar-refractivity contribution in [3.8, 4) is 0 Å². The summed E-state index contributed by atoms with van der Waals surface area (Å²) in [5.41, 5.74) is 0. The lowest BCUT2D eigenvalue weighted by atomic mass is 10.1. The van der Waals surface area contributed by atoms with Crippen LogP contribution in [0.5, 0.6) is 0 Å². The van der Waals surface area contributed by atoms with Crippen LogP contribution in [-0.2, 0) is 32.7 Å². The van der Waals surface area contributed by atoms with Crippen molar-refractivity contribution in [3.05, 3.63) is 48.6 Å². The molecule has 0 aromatic rings. The van der Waals surface area contributed by atoms with Crippen molar-refractivity contribution in [1.82, 2.24) is 0 Å². The van der Waals surface area contributed by atoms with Gasteiger partial charge in [-0.05, 0) is 51.4 Å². The number of phosphoric ester groups is 1. The van der Waals surface area contributed by atoms with Gasteiger partial charge in [0.15, 0.2) is 6.10 Å². The molecular formula is C38H67O10P. The third-order valence-electron chi connectivity index (χ3n) is 7.50. The smallest absolute Gasteiger partial charge is 0.462 e. The highest BCUT2D eigenvalue weighted by Gasteiger charge is 2.27. The third kappa shape index (κ3) is 34.2. The van der Waals surface area contributed by atoms with Crippen molar-refractivity contribution >= 4 is 19.8 Å². The first-order valence-electron chi connectivity index (χ1n) is 18.6. The molecule has 284 valence electrons. The van der Waals surface area contributed by atoms with E-state index in [-0.39, 0.29) is 19.4 Å². The normalized spacial score (nSPS) is 14.6. The molecule has 0 aromatic heterocycles. The predicted molar refractivity (Wildman–Crippen MR) is 196 cm³/mol. The number of carbonyl (C=O) groups is 2. The van der Waals surface area contributed by atoms with Crippen LogP contribution in [0.1, 0.15) is 142 Å². The summed E-state index contributed by atoms with van der Waals surface area (Å²) in [6.07, 6.45) is 34.2. The molecule has 0 radical (unpaired) electrons. The van der Waals surface area contributed by atoms with E-state index in [1.54, 1.807) is 0 Å². The van der Waals surface area contributed by atoms with Crippen molar-refractivity contribution in [2.24, 2.45) is 0 Å². The zero-order valence-corrected chi connectivity index (χ0v) is 31.3. The van der Waals surface area contributed by atoms with Crippen molar-refractivity contribution in [2.45, 2.75) is 154 Å². The first-order valence-corrected chi connectivity index (χ1v) is 20.1. The van der Waals surface area contributed by atoms with Gasteiger partial charge in [0.25, 0.3) is 0 Å². The van der Waals surface area contributed by atoms with Crippen LogP contribution in [0.4, 0.5) is 0 Å². The van der Waals surface area contributed by atoms with Gasteiger partial charge in [-0.25, -0.2) is 4.57 Å². The molecule has 0 saturated heterocycles. The van der Waals surface area contributed by atoms with Crippen LogP contribution in [0, 0.1) is 0 Å². The van der Waals surface area contributed by atoms with Gasteiger partial charge in [-0.1, -0.05) is 127 Å². The zero-order chi connectivity index (χ0) is 36.3. The lowest BCUT2D eigenvalue weighted by molar-refractivity contribution is -0.161. The number of esters is 2. The molecule has 0 bridgehead atoms. The van der Waals surface area contributed by atoms with Gasteiger partial charge in [0.1, 0.15) is 12.7 Å². The second-order valence-electron chi connectivity index (χ2n) is 12.2. The summed E-state index contributed by atoms with van der Waals surface area (Å²) < 4.78 is 32.4. The van der Waals surface area contributed by atoms with Crippen LogP contribution >= 0.6 is 7.82 Å². The third-order valence-corrected chi connectivity index (χ3v) is 8.45. The van der Waals surface area contributed by atoms with E-state index in [1.165, 1.54) is 25.7 Å². The van der Waals surface area contributed by atoms with Gasteiger partial charge in [0.05, 0.1) is 19.8 Å². The number of aliphatic hydroxyl groups excluding tert-OH is 2. The standard InChI is InChI=1S/C38H67O10P/c1-3-5-7-9-10-11-12-13-14-15-16-17-18-19-20-21-22-23-24-26-28-30-38(42)48-36(33-45-37(41)29-27-25-8-6-4-2)34-47-49(43,44)46-32-35(40)31-39/h5,7,10-11,13-14,16-17,35-36,39-40H,3-4,6,8-9,12,15,18-34H2,1-2H3,(H,43,44)/b7-5-,11-10-,14-13-,17-16-. The van der Waals surface area contributed by atoms with Crippen molar-refractivity contribution < 1.29 is 47.8 Å². The molecule has 49 heavy (non-hydrogen) atoms. The number of allylic oxidation sites excluding steroid dienone is 8. The maximum Gasteiger partial charge on any atom is 0.472 e. The number of phosphoric acid groups is 1. The molecule has 0 aliphatic heterocycles. The van der Waals surface area contributed by atoms with E-state index in [0.29, 0.717) is 12.8 Å². The van der Waals surface area contributed by atoms with Gasteiger partial charge in [-0.15, -0.1) is 0 Å². The molecule has 3 unspecified atom stereocenters. The van der Waals surface area contributed by atoms with E-state index in [1.807, 2.05) is 0 Å². The van der Waals surface area contributed by atoms with E-state index in [0.717, 1.165) is 77.0 Å². The minimum Gasteiger partial charge on any atom is -0.462 e. The topological polar surface area (TPSA) is 149 Å².